The van der Waals surface area contributed by atoms with Crippen LogP contribution in [0.25, 0.3) is 0 Å². The zero-order chi connectivity index (χ0) is 8.81. The Morgan fingerprint density at radius 2 is 2.08 bits per heavy atom. The third-order valence-corrected chi connectivity index (χ3v) is 2.46. The van der Waals surface area contributed by atoms with Crippen molar-refractivity contribution in [3.05, 3.63) is 0 Å². The minimum atomic E-state index is -0.0454. The fourth-order valence-electron chi connectivity index (χ4n) is 1.47. The van der Waals surface area contributed by atoms with Gasteiger partial charge in [-0.3, -0.25) is 4.79 Å². The lowest BCUT2D eigenvalue weighted by molar-refractivity contribution is -0.148. The molecule has 1 fully saturated rings. The molecule has 12 heavy (non-hydrogen) atoms. The van der Waals surface area contributed by atoms with Crippen molar-refractivity contribution in [3.63, 3.8) is 0 Å². The highest BCUT2D eigenvalue weighted by molar-refractivity contribution is 7.80. The highest BCUT2D eigenvalue weighted by Crippen LogP contribution is 2.21. The molecule has 0 radical (unpaired) electrons. The molecule has 0 aliphatic heterocycles. The number of hydrogen-bond acceptors (Lipinski definition) is 3. The van der Waals surface area contributed by atoms with Crippen LogP contribution in [0.3, 0.4) is 0 Å². The Labute approximate surface area is 79.1 Å². The van der Waals surface area contributed by atoms with Crippen molar-refractivity contribution in [1.82, 2.24) is 0 Å². The second kappa shape index (κ2) is 5.46. The Bertz CT molecular complexity index is 141. The molecule has 0 heterocycles. The van der Waals surface area contributed by atoms with Crippen LogP contribution < -0.4 is 0 Å². The average molecular weight is 188 g/mol. The molecule has 1 aliphatic rings. The number of ether oxygens (including phenoxy) is 1. The first-order chi connectivity index (χ1) is 5.83. The lowest BCUT2D eigenvalue weighted by atomic mass is 10.3. The van der Waals surface area contributed by atoms with Gasteiger partial charge < -0.3 is 4.74 Å². The molecule has 0 aromatic heterocycles. The van der Waals surface area contributed by atoms with Gasteiger partial charge >= 0.3 is 5.97 Å². The minimum absolute atomic E-state index is 0.0454. The van der Waals surface area contributed by atoms with E-state index in [-0.39, 0.29) is 12.1 Å². The van der Waals surface area contributed by atoms with E-state index < -0.39 is 0 Å². The molecule has 1 rings (SSSR count). The van der Waals surface area contributed by atoms with Crippen LogP contribution in [0, 0.1) is 0 Å². The van der Waals surface area contributed by atoms with E-state index in [9.17, 15) is 4.79 Å². The van der Waals surface area contributed by atoms with Gasteiger partial charge in [-0.25, -0.2) is 0 Å². The summed E-state index contributed by atoms with van der Waals surface area (Å²) in [4.78, 5) is 11.1. The van der Waals surface area contributed by atoms with Crippen molar-refractivity contribution in [2.75, 3.05) is 5.75 Å². The molecule has 0 amide bonds. The molecule has 0 bridgehead atoms. The fraction of sp³-hybridized carbons (Fsp3) is 0.889. The summed E-state index contributed by atoms with van der Waals surface area (Å²) >= 11 is 4.04. The quantitative estimate of drug-likeness (QED) is 0.540. The zero-order valence-electron chi connectivity index (χ0n) is 7.29. The van der Waals surface area contributed by atoms with Gasteiger partial charge in [0.05, 0.1) is 0 Å². The number of thiol groups is 1. The van der Waals surface area contributed by atoms with E-state index in [1.807, 2.05) is 0 Å². The summed E-state index contributed by atoms with van der Waals surface area (Å²) in [6.07, 6.45) is 6.13. The molecule has 1 saturated carbocycles. The summed E-state index contributed by atoms with van der Waals surface area (Å²) < 4.78 is 5.24. The maximum atomic E-state index is 11.1. The first-order valence-electron chi connectivity index (χ1n) is 4.63. The molecule has 1 aliphatic carbocycles. The summed E-state index contributed by atoms with van der Waals surface area (Å²) in [5, 5.41) is 0. The van der Waals surface area contributed by atoms with Crippen LogP contribution in [0.1, 0.15) is 38.5 Å². The first kappa shape index (κ1) is 9.90. The van der Waals surface area contributed by atoms with Crippen LogP contribution in [0.2, 0.25) is 0 Å². The maximum Gasteiger partial charge on any atom is 0.306 e. The van der Waals surface area contributed by atoms with Crippen molar-refractivity contribution < 1.29 is 9.53 Å². The predicted molar refractivity (Wildman–Crippen MR) is 51.4 cm³/mol. The zero-order valence-corrected chi connectivity index (χ0v) is 8.19. The first-order valence-corrected chi connectivity index (χ1v) is 5.26. The fourth-order valence-corrected chi connectivity index (χ4v) is 1.63. The standard InChI is InChI=1S/C9H16O2S/c10-9(6-3-7-12)11-8-4-1-2-5-8/h8,12H,1-7H2. The predicted octanol–water partition coefficient (Wildman–Crippen LogP) is 2.18. The molecule has 0 spiro atoms. The van der Waals surface area contributed by atoms with E-state index in [4.69, 9.17) is 4.74 Å². The van der Waals surface area contributed by atoms with E-state index in [0.717, 1.165) is 25.0 Å². The van der Waals surface area contributed by atoms with Crippen molar-refractivity contribution in [3.8, 4) is 0 Å². The van der Waals surface area contributed by atoms with E-state index >= 15 is 0 Å². The topological polar surface area (TPSA) is 26.3 Å². The number of hydrogen-bond donors (Lipinski definition) is 1. The monoisotopic (exact) mass is 188 g/mol. The molecule has 0 saturated heterocycles. The van der Waals surface area contributed by atoms with E-state index in [0.29, 0.717) is 6.42 Å². The molecule has 0 aromatic carbocycles. The summed E-state index contributed by atoms with van der Waals surface area (Å²) in [5.74, 6) is 0.718. The van der Waals surface area contributed by atoms with E-state index in [1.54, 1.807) is 0 Å². The summed E-state index contributed by atoms with van der Waals surface area (Å²) in [6, 6.07) is 0. The van der Waals surface area contributed by atoms with Crippen LogP contribution in [0.15, 0.2) is 0 Å². The molecule has 0 unspecified atom stereocenters. The second-order valence-electron chi connectivity index (χ2n) is 3.22. The summed E-state index contributed by atoms with van der Waals surface area (Å²) in [5.41, 5.74) is 0. The van der Waals surface area contributed by atoms with Crippen molar-refractivity contribution in [1.29, 1.82) is 0 Å². The van der Waals surface area contributed by atoms with Gasteiger partial charge in [0, 0.05) is 6.42 Å². The largest absolute Gasteiger partial charge is 0.462 e. The Hall–Kier alpha value is -0.180. The van der Waals surface area contributed by atoms with Gasteiger partial charge in [0.15, 0.2) is 0 Å². The van der Waals surface area contributed by atoms with Gasteiger partial charge in [0.2, 0.25) is 0 Å². The molecule has 0 atom stereocenters. The van der Waals surface area contributed by atoms with E-state index in [2.05, 4.69) is 12.6 Å². The summed E-state index contributed by atoms with van der Waals surface area (Å²) in [6.45, 7) is 0. The molecule has 0 aromatic rings. The van der Waals surface area contributed by atoms with Crippen LogP contribution in [0.5, 0.6) is 0 Å². The molecule has 2 nitrogen and oxygen atoms in total. The number of esters is 1. The number of carbonyl (C=O) groups excluding carboxylic acids is 1. The van der Waals surface area contributed by atoms with Gasteiger partial charge in [-0.2, -0.15) is 12.6 Å². The molecule has 0 N–H and O–H groups in total. The van der Waals surface area contributed by atoms with Gasteiger partial charge in [-0.05, 0) is 37.9 Å². The smallest absolute Gasteiger partial charge is 0.306 e. The van der Waals surface area contributed by atoms with E-state index in [1.165, 1.54) is 12.8 Å². The third-order valence-electron chi connectivity index (χ3n) is 2.14. The number of carbonyl (C=O) groups is 1. The molecular formula is C9H16O2S. The normalized spacial score (nSPS) is 18.1. The van der Waals surface area contributed by atoms with Crippen LogP contribution in [-0.2, 0) is 9.53 Å². The lowest BCUT2D eigenvalue weighted by Crippen LogP contribution is -2.14. The van der Waals surface area contributed by atoms with Crippen molar-refractivity contribution >= 4 is 18.6 Å². The Morgan fingerprint density at radius 3 is 2.67 bits per heavy atom. The lowest BCUT2D eigenvalue weighted by Gasteiger charge is -2.10. The van der Waals surface area contributed by atoms with Gasteiger partial charge in [0.25, 0.3) is 0 Å². The molecule has 3 heteroatoms. The van der Waals surface area contributed by atoms with Crippen LogP contribution >= 0.6 is 12.6 Å². The van der Waals surface area contributed by atoms with Crippen LogP contribution in [-0.4, -0.2) is 17.8 Å². The SMILES string of the molecule is O=C(CCCS)OC1CCCC1. The minimum Gasteiger partial charge on any atom is -0.462 e. The highest BCUT2D eigenvalue weighted by Gasteiger charge is 2.18. The molecular weight excluding hydrogens is 172 g/mol. The highest BCUT2D eigenvalue weighted by atomic mass is 32.1. The second-order valence-corrected chi connectivity index (χ2v) is 3.67. The van der Waals surface area contributed by atoms with Gasteiger partial charge in [0.1, 0.15) is 6.10 Å². The van der Waals surface area contributed by atoms with Gasteiger partial charge in [-0.1, -0.05) is 0 Å². The Kier molecular flexibility index (Phi) is 4.51. The Morgan fingerprint density at radius 1 is 1.42 bits per heavy atom. The number of rotatable bonds is 4. The molecule has 70 valence electrons. The van der Waals surface area contributed by atoms with Crippen molar-refractivity contribution in [2.24, 2.45) is 0 Å². The van der Waals surface area contributed by atoms with Gasteiger partial charge in [-0.15, -0.1) is 0 Å². The Balaban J connectivity index is 2.08. The summed E-state index contributed by atoms with van der Waals surface area (Å²) in [7, 11) is 0. The van der Waals surface area contributed by atoms with Crippen molar-refractivity contribution in [2.45, 2.75) is 44.6 Å². The average Bonchev–Trinajstić information content (AvgIpc) is 2.53. The third kappa shape index (κ3) is 3.48. The van der Waals surface area contributed by atoms with Crippen LogP contribution in [0.4, 0.5) is 0 Å². The maximum absolute atomic E-state index is 11.1.